The summed E-state index contributed by atoms with van der Waals surface area (Å²) >= 11 is 18.7. The number of rotatable bonds is 13. The summed E-state index contributed by atoms with van der Waals surface area (Å²) in [4.78, 5) is 11.2. The van der Waals surface area contributed by atoms with E-state index in [1.807, 2.05) is 13.8 Å². The second kappa shape index (κ2) is 13.0. The quantitative estimate of drug-likeness (QED) is 0.207. The minimum absolute atomic E-state index is 0.00548. The van der Waals surface area contributed by atoms with Gasteiger partial charge in [-0.2, -0.15) is 0 Å². The third kappa shape index (κ3) is 9.18. The maximum atomic E-state index is 11.2. The average Bonchev–Trinajstić information content (AvgIpc) is 2.79. The van der Waals surface area contributed by atoms with Crippen LogP contribution in [0, 0.1) is 0 Å². The molecule has 0 radical (unpaired) electrons. The highest BCUT2D eigenvalue weighted by molar-refractivity contribution is 7.88. The van der Waals surface area contributed by atoms with E-state index in [1.54, 1.807) is 24.3 Å². The van der Waals surface area contributed by atoms with E-state index >= 15 is 0 Å². The molecule has 8 nitrogen and oxygen atoms in total. The first kappa shape index (κ1) is 30.3. The lowest BCUT2D eigenvalue weighted by Gasteiger charge is -2.27. The standard InChI is InChI=1S/C24H28Cl3NO7S/c1-15(29)35-20(11-25)14-34-23-21(26)9-17(10-22(23)27)24(2,3)16-5-7-19(8-6-16)33-13-18(30)12-28-36(4,31)32/h5,7,9-10,18,20,28,30H,11-14H2,1-4H3/t18-,20-/m1/s1. The summed E-state index contributed by atoms with van der Waals surface area (Å²) in [6.45, 7) is 4.91. The zero-order valence-electron chi connectivity index (χ0n) is 20.2. The molecule has 12 heteroatoms. The zero-order chi connectivity index (χ0) is 27.1. The van der Waals surface area contributed by atoms with E-state index in [9.17, 15) is 18.3 Å². The van der Waals surface area contributed by atoms with Crippen LogP contribution < -0.4 is 9.46 Å². The number of hydrogen-bond donors (Lipinski definition) is 2. The van der Waals surface area contributed by atoms with Gasteiger partial charge < -0.3 is 19.3 Å². The Morgan fingerprint density at radius 1 is 1.14 bits per heavy atom. The van der Waals surface area contributed by atoms with Crippen molar-refractivity contribution in [3.8, 4) is 5.75 Å². The number of carbonyl (C=O) groups excluding carboxylic acids is 1. The summed E-state index contributed by atoms with van der Waals surface area (Å²) in [5.41, 5.74) is 6.93. The molecular formula is C24H28Cl3NO7S. The van der Waals surface area contributed by atoms with Crippen molar-refractivity contribution in [2.24, 2.45) is 0 Å². The first-order valence-electron chi connectivity index (χ1n) is 10.8. The van der Waals surface area contributed by atoms with Gasteiger partial charge in [0.25, 0.3) is 0 Å². The predicted octanol–water partition coefficient (Wildman–Crippen LogP) is 3.88. The molecule has 0 unspecified atom stereocenters. The highest BCUT2D eigenvalue weighted by Gasteiger charge is 2.28. The van der Waals surface area contributed by atoms with Crippen LogP contribution in [-0.2, 0) is 29.7 Å². The number of ether oxygens (including phenoxy) is 3. The monoisotopic (exact) mass is 579 g/mol. The van der Waals surface area contributed by atoms with Crippen molar-refractivity contribution < 1.29 is 32.5 Å². The van der Waals surface area contributed by atoms with Crippen LogP contribution in [0.4, 0.5) is 0 Å². The molecule has 0 aliphatic heterocycles. The lowest BCUT2D eigenvalue weighted by molar-refractivity contribution is -0.146. The smallest absolute Gasteiger partial charge is 0.303 e. The average molecular weight is 581 g/mol. The highest BCUT2D eigenvalue weighted by atomic mass is 35.5. The molecule has 1 aliphatic rings. The van der Waals surface area contributed by atoms with Crippen LogP contribution >= 0.6 is 34.8 Å². The largest absolute Gasteiger partial charge is 0.487 e. The summed E-state index contributed by atoms with van der Waals surface area (Å²) in [6.07, 6.45) is 2.81. The minimum Gasteiger partial charge on any atom is -0.487 e. The normalized spacial score (nSPS) is 15.1. The van der Waals surface area contributed by atoms with Crippen LogP contribution in [0.2, 0.25) is 10.0 Å². The summed E-state index contributed by atoms with van der Waals surface area (Å²) in [7, 11) is -3.40. The van der Waals surface area contributed by atoms with E-state index in [1.165, 1.54) is 6.92 Å². The second-order valence-electron chi connectivity index (χ2n) is 8.54. The molecule has 0 heterocycles. The lowest BCUT2D eigenvalue weighted by atomic mass is 9.77. The van der Waals surface area contributed by atoms with E-state index in [-0.39, 0.29) is 41.4 Å². The Kier molecular flexibility index (Phi) is 11.0. The van der Waals surface area contributed by atoms with Crippen molar-refractivity contribution in [1.29, 1.82) is 0 Å². The molecule has 0 amide bonds. The second-order valence-corrected chi connectivity index (χ2v) is 11.5. The van der Waals surface area contributed by atoms with Gasteiger partial charge >= 0.3 is 5.97 Å². The Bertz CT molecular complexity index is 1190. The van der Waals surface area contributed by atoms with Crippen molar-refractivity contribution in [1.82, 2.24) is 4.72 Å². The van der Waals surface area contributed by atoms with Crippen LogP contribution in [0.25, 0.3) is 0 Å². The van der Waals surface area contributed by atoms with Gasteiger partial charge in [0.05, 0.1) is 22.2 Å². The molecule has 1 aromatic carbocycles. The van der Waals surface area contributed by atoms with Crippen molar-refractivity contribution >= 4 is 50.8 Å². The minimum atomic E-state index is -3.40. The number of sulfonamides is 1. The maximum absolute atomic E-state index is 11.2. The molecule has 36 heavy (non-hydrogen) atoms. The highest BCUT2D eigenvalue weighted by Crippen LogP contribution is 2.41. The van der Waals surface area contributed by atoms with Gasteiger partial charge in [0.1, 0.15) is 25.4 Å². The SMILES string of the molecule is CC(=O)O[C@H](CCl)COc1c(Cl)cc(C(C)(C)C2=C=C=C(OC[C@H](O)CNS(C)(=O)=O)C=C2)cc1Cl. The number of esters is 1. The maximum Gasteiger partial charge on any atom is 0.303 e. The third-order valence-corrected chi connectivity index (χ3v) is 6.64. The number of halogens is 3. The van der Waals surface area contributed by atoms with Crippen molar-refractivity contribution in [3.63, 3.8) is 0 Å². The Balaban J connectivity index is 2.15. The van der Waals surface area contributed by atoms with Gasteiger partial charge in [-0.05, 0) is 35.6 Å². The van der Waals surface area contributed by atoms with Gasteiger partial charge in [-0.3, -0.25) is 4.79 Å². The van der Waals surface area contributed by atoms with E-state index in [2.05, 4.69) is 16.2 Å². The summed E-state index contributed by atoms with van der Waals surface area (Å²) in [5, 5.41) is 10.4. The molecule has 1 aliphatic carbocycles. The van der Waals surface area contributed by atoms with Gasteiger partial charge in [0.2, 0.25) is 10.0 Å². The van der Waals surface area contributed by atoms with E-state index in [0.717, 1.165) is 17.4 Å². The number of carbonyl (C=O) groups is 1. The molecule has 2 atom stereocenters. The zero-order valence-corrected chi connectivity index (χ0v) is 23.3. The van der Waals surface area contributed by atoms with Gasteiger partial charge in [0, 0.05) is 24.5 Å². The topological polar surface area (TPSA) is 111 Å². The Labute approximate surface area is 226 Å². The molecule has 0 bridgehead atoms. The molecule has 2 rings (SSSR count). The van der Waals surface area contributed by atoms with Gasteiger partial charge in [0.15, 0.2) is 11.5 Å². The van der Waals surface area contributed by atoms with Crippen molar-refractivity contribution in [2.45, 2.75) is 38.4 Å². The van der Waals surface area contributed by atoms with Gasteiger partial charge in [-0.1, -0.05) is 42.8 Å². The van der Waals surface area contributed by atoms with Crippen molar-refractivity contribution in [3.05, 3.63) is 62.7 Å². The fraction of sp³-hybridized carbons (Fsp3) is 0.458. The lowest BCUT2D eigenvalue weighted by Crippen LogP contribution is -2.33. The van der Waals surface area contributed by atoms with Crippen LogP contribution in [0.5, 0.6) is 5.75 Å². The van der Waals surface area contributed by atoms with E-state index in [4.69, 9.17) is 49.0 Å². The molecule has 0 spiro atoms. The summed E-state index contributed by atoms with van der Waals surface area (Å²) < 4.78 is 40.6. The predicted molar refractivity (Wildman–Crippen MR) is 139 cm³/mol. The molecule has 0 saturated heterocycles. The number of aliphatic hydroxyl groups is 1. The number of hydrogen-bond acceptors (Lipinski definition) is 7. The molecule has 0 aromatic heterocycles. The molecular weight excluding hydrogens is 553 g/mol. The first-order chi connectivity index (χ1) is 16.7. The Hall–Kier alpha value is -1.93. The fourth-order valence-corrected chi connectivity index (χ4v) is 4.29. The van der Waals surface area contributed by atoms with E-state index < -0.39 is 33.6 Å². The molecule has 1 aromatic rings. The first-order valence-corrected chi connectivity index (χ1v) is 14.0. The van der Waals surface area contributed by atoms with Crippen molar-refractivity contribution in [2.75, 3.05) is 31.9 Å². The number of benzene rings is 1. The number of alkyl halides is 1. The third-order valence-electron chi connectivity index (χ3n) is 5.05. The Morgan fingerprint density at radius 3 is 2.28 bits per heavy atom. The van der Waals surface area contributed by atoms with Crippen LogP contribution in [0.1, 0.15) is 26.3 Å². The fourth-order valence-electron chi connectivity index (χ4n) is 3.05. The molecule has 0 saturated carbocycles. The molecule has 0 fully saturated rings. The van der Waals surface area contributed by atoms with Crippen LogP contribution in [-0.4, -0.2) is 63.6 Å². The van der Waals surface area contributed by atoms with Gasteiger partial charge in [-0.25, -0.2) is 13.1 Å². The van der Waals surface area contributed by atoms with Crippen LogP contribution in [0.3, 0.4) is 0 Å². The number of nitrogens with one attached hydrogen (secondary N) is 1. The number of allylic oxidation sites excluding steroid dienone is 3. The number of aliphatic hydroxyl groups excluding tert-OH is 1. The molecule has 2 N–H and O–H groups in total. The Morgan fingerprint density at radius 2 is 1.78 bits per heavy atom. The van der Waals surface area contributed by atoms with Gasteiger partial charge in [-0.15, -0.1) is 11.6 Å². The summed E-state index contributed by atoms with van der Waals surface area (Å²) in [5.74, 6) is 0.184. The van der Waals surface area contributed by atoms with E-state index in [0.29, 0.717) is 5.76 Å². The summed E-state index contributed by atoms with van der Waals surface area (Å²) in [6, 6.07) is 3.46. The van der Waals surface area contributed by atoms with Crippen LogP contribution in [0.15, 0.2) is 47.1 Å². The molecule has 198 valence electrons.